The smallest absolute Gasteiger partial charge is 0.149 e. The van der Waals surface area contributed by atoms with E-state index < -0.39 is 0 Å². The van der Waals surface area contributed by atoms with Gasteiger partial charge < -0.3 is 5.73 Å². The second-order valence-electron chi connectivity index (χ2n) is 4.22. The fourth-order valence-electron chi connectivity index (χ4n) is 2.18. The van der Waals surface area contributed by atoms with E-state index in [1.54, 1.807) is 0 Å². The zero-order valence-corrected chi connectivity index (χ0v) is 10.5. The first kappa shape index (κ1) is 11.7. The van der Waals surface area contributed by atoms with Gasteiger partial charge in [0, 0.05) is 11.1 Å². The molecule has 0 unspecified atom stereocenters. The van der Waals surface area contributed by atoms with Gasteiger partial charge in [0.15, 0.2) is 0 Å². The molecule has 2 rings (SSSR count). The van der Waals surface area contributed by atoms with Gasteiger partial charge in [-0.15, -0.1) is 0 Å². The Balaban J connectivity index is 2.52. The number of nitrogen functional groups attached to an aromatic ring is 1. The predicted molar refractivity (Wildman–Crippen MR) is 71.8 cm³/mol. The highest BCUT2D eigenvalue weighted by Gasteiger charge is 2.13. The quantitative estimate of drug-likeness (QED) is 0.846. The molecule has 0 fully saturated rings. The fourth-order valence-corrected chi connectivity index (χ4v) is 2.18. The maximum absolute atomic E-state index is 5.91. The standard InChI is InChI=1S/C14H19N3/c1-3-7-12-13(16-17-14(12)15)11-9-6-5-8-10(11)4-2/h5-6,8-9H,3-4,7H2,1-2H3,(H3,15,16,17). The summed E-state index contributed by atoms with van der Waals surface area (Å²) in [5.41, 5.74) is 10.7. The molecule has 0 aliphatic carbocycles. The molecule has 0 bridgehead atoms. The van der Waals surface area contributed by atoms with Crippen LogP contribution < -0.4 is 5.73 Å². The molecule has 0 radical (unpaired) electrons. The number of hydrogen-bond donors (Lipinski definition) is 2. The highest BCUT2D eigenvalue weighted by molar-refractivity contribution is 5.70. The third kappa shape index (κ3) is 2.18. The summed E-state index contributed by atoms with van der Waals surface area (Å²) in [6.45, 7) is 4.32. The molecular formula is C14H19N3. The van der Waals surface area contributed by atoms with E-state index in [4.69, 9.17) is 5.73 Å². The summed E-state index contributed by atoms with van der Waals surface area (Å²) < 4.78 is 0. The molecule has 2 aromatic rings. The normalized spacial score (nSPS) is 10.7. The van der Waals surface area contributed by atoms with Gasteiger partial charge in [-0.05, 0) is 18.4 Å². The molecule has 90 valence electrons. The number of nitrogens with one attached hydrogen (secondary N) is 1. The van der Waals surface area contributed by atoms with Gasteiger partial charge in [-0.2, -0.15) is 5.10 Å². The van der Waals surface area contributed by atoms with Crippen molar-refractivity contribution in [3.63, 3.8) is 0 Å². The number of H-pyrrole nitrogens is 1. The largest absolute Gasteiger partial charge is 0.382 e. The number of aromatic amines is 1. The molecule has 3 nitrogen and oxygen atoms in total. The van der Waals surface area contributed by atoms with Crippen molar-refractivity contribution in [1.82, 2.24) is 10.2 Å². The molecule has 1 heterocycles. The van der Waals surface area contributed by atoms with E-state index in [9.17, 15) is 0 Å². The number of hydrogen-bond acceptors (Lipinski definition) is 2. The Morgan fingerprint density at radius 2 is 2.00 bits per heavy atom. The van der Waals surface area contributed by atoms with Crippen molar-refractivity contribution in [2.24, 2.45) is 0 Å². The second-order valence-corrected chi connectivity index (χ2v) is 4.22. The minimum absolute atomic E-state index is 0.632. The number of aromatic nitrogens is 2. The number of benzene rings is 1. The van der Waals surface area contributed by atoms with Gasteiger partial charge in [0.05, 0.1) is 5.69 Å². The van der Waals surface area contributed by atoms with Crippen LogP contribution in [-0.2, 0) is 12.8 Å². The lowest BCUT2D eigenvalue weighted by molar-refractivity contribution is 0.926. The third-order valence-corrected chi connectivity index (χ3v) is 3.07. The molecule has 0 atom stereocenters. The highest BCUT2D eigenvalue weighted by Crippen LogP contribution is 2.29. The molecule has 0 aliphatic rings. The third-order valence-electron chi connectivity index (χ3n) is 3.07. The van der Waals surface area contributed by atoms with Crippen molar-refractivity contribution in [3.05, 3.63) is 35.4 Å². The minimum atomic E-state index is 0.632. The average molecular weight is 229 g/mol. The summed E-state index contributed by atoms with van der Waals surface area (Å²) in [5, 5.41) is 7.21. The Labute approximate surface area is 102 Å². The van der Waals surface area contributed by atoms with E-state index in [2.05, 4.69) is 48.3 Å². The second kappa shape index (κ2) is 5.04. The van der Waals surface area contributed by atoms with Crippen molar-refractivity contribution in [1.29, 1.82) is 0 Å². The predicted octanol–water partition coefficient (Wildman–Crippen LogP) is 3.17. The summed E-state index contributed by atoms with van der Waals surface area (Å²) >= 11 is 0. The Hall–Kier alpha value is -1.77. The van der Waals surface area contributed by atoms with E-state index in [0.29, 0.717) is 5.82 Å². The van der Waals surface area contributed by atoms with Crippen LogP contribution in [0.15, 0.2) is 24.3 Å². The summed E-state index contributed by atoms with van der Waals surface area (Å²) in [6, 6.07) is 8.41. The van der Waals surface area contributed by atoms with Gasteiger partial charge in [-0.25, -0.2) is 0 Å². The van der Waals surface area contributed by atoms with Crippen molar-refractivity contribution in [2.45, 2.75) is 33.1 Å². The van der Waals surface area contributed by atoms with Gasteiger partial charge in [0.2, 0.25) is 0 Å². The van der Waals surface area contributed by atoms with E-state index in [0.717, 1.165) is 30.5 Å². The molecule has 0 saturated heterocycles. The first-order chi connectivity index (χ1) is 8.27. The lowest BCUT2D eigenvalue weighted by Gasteiger charge is -2.08. The molecule has 1 aromatic heterocycles. The molecule has 0 saturated carbocycles. The topological polar surface area (TPSA) is 54.7 Å². The molecule has 3 heteroatoms. The molecule has 0 amide bonds. The number of nitrogens with zero attached hydrogens (tertiary/aromatic N) is 1. The number of rotatable bonds is 4. The van der Waals surface area contributed by atoms with E-state index >= 15 is 0 Å². The van der Waals surface area contributed by atoms with Crippen LogP contribution in [0, 0.1) is 0 Å². The molecule has 3 N–H and O–H groups in total. The van der Waals surface area contributed by atoms with Crippen LogP contribution in [0.2, 0.25) is 0 Å². The fraction of sp³-hybridized carbons (Fsp3) is 0.357. The number of anilines is 1. The highest BCUT2D eigenvalue weighted by atomic mass is 15.2. The van der Waals surface area contributed by atoms with Crippen LogP contribution in [0.3, 0.4) is 0 Å². The molecular weight excluding hydrogens is 210 g/mol. The Bertz CT molecular complexity index is 500. The van der Waals surface area contributed by atoms with Crippen molar-refractivity contribution in [2.75, 3.05) is 5.73 Å². The molecule has 0 spiro atoms. The first-order valence-corrected chi connectivity index (χ1v) is 6.18. The summed E-state index contributed by atoms with van der Waals surface area (Å²) in [6.07, 6.45) is 3.06. The summed E-state index contributed by atoms with van der Waals surface area (Å²) in [4.78, 5) is 0. The van der Waals surface area contributed by atoms with Crippen LogP contribution in [0.4, 0.5) is 5.82 Å². The Kier molecular flexibility index (Phi) is 3.47. The van der Waals surface area contributed by atoms with Gasteiger partial charge in [-0.3, -0.25) is 5.10 Å². The Morgan fingerprint density at radius 3 is 2.71 bits per heavy atom. The Morgan fingerprint density at radius 1 is 1.24 bits per heavy atom. The summed E-state index contributed by atoms with van der Waals surface area (Å²) in [7, 11) is 0. The van der Waals surface area contributed by atoms with Crippen molar-refractivity contribution >= 4 is 5.82 Å². The van der Waals surface area contributed by atoms with E-state index in [1.807, 2.05) is 0 Å². The van der Waals surface area contributed by atoms with Crippen LogP contribution in [0.5, 0.6) is 0 Å². The number of nitrogens with two attached hydrogens (primary N) is 1. The van der Waals surface area contributed by atoms with E-state index in [-0.39, 0.29) is 0 Å². The van der Waals surface area contributed by atoms with Gasteiger partial charge in [0.1, 0.15) is 5.82 Å². The first-order valence-electron chi connectivity index (χ1n) is 6.18. The number of aryl methyl sites for hydroxylation is 1. The van der Waals surface area contributed by atoms with Crippen LogP contribution in [-0.4, -0.2) is 10.2 Å². The minimum Gasteiger partial charge on any atom is -0.382 e. The van der Waals surface area contributed by atoms with Gasteiger partial charge in [0.25, 0.3) is 0 Å². The average Bonchev–Trinajstić information content (AvgIpc) is 2.72. The van der Waals surface area contributed by atoms with Crippen molar-refractivity contribution < 1.29 is 0 Å². The monoisotopic (exact) mass is 229 g/mol. The lowest BCUT2D eigenvalue weighted by atomic mass is 9.98. The zero-order valence-electron chi connectivity index (χ0n) is 10.5. The van der Waals surface area contributed by atoms with Crippen LogP contribution >= 0.6 is 0 Å². The van der Waals surface area contributed by atoms with Gasteiger partial charge >= 0.3 is 0 Å². The maximum atomic E-state index is 5.91. The van der Waals surface area contributed by atoms with Gasteiger partial charge in [-0.1, -0.05) is 44.5 Å². The van der Waals surface area contributed by atoms with Crippen LogP contribution in [0.25, 0.3) is 11.3 Å². The zero-order chi connectivity index (χ0) is 12.3. The summed E-state index contributed by atoms with van der Waals surface area (Å²) in [5.74, 6) is 0.632. The lowest BCUT2D eigenvalue weighted by Crippen LogP contribution is -1.94. The molecule has 0 aliphatic heterocycles. The van der Waals surface area contributed by atoms with E-state index in [1.165, 1.54) is 11.1 Å². The SMILES string of the molecule is CCCc1c(N)n[nH]c1-c1ccccc1CC. The van der Waals surface area contributed by atoms with Crippen molar-refractivity contribution in [3.8, 4) is 11.3 Å². The molecule has 17 heavy (non-hydrogen) atoms. The maximum Gasteiger partial charge on any atom is 0.149 e. The van der Waals surface area contributed by atoms with Crippen LogP contribution in [0.1, 0.15) is 31.4 Å². The molecule has 1 aromatic carbocycles.